The summed E-state index contributed by atoms with van der Waals surface area (Å²) >= 11 is 0. The maximum absolute atomic E-state index is 11.4. The van der Waals surface area contributed by atoms with Gasteiger partial charge in [0.1, 0.15) is 12.4 Å². The average molecular weight is 367 g/mol. The summed E-state index contributed by atoms with van der Waals surface area (Å²) < 4.78 is 10.9. The van der Waals surface area contributed by atoms with Gasteiger partial charge in [-0.2, -0.15) is 0 Å². The Morgan fingerprint density at radius 2 is 1.78 bits per heavy atom. The lowest BCUT2D eigenvalue weighted by molar-refractivity contribution is -0.141. The molecule has 0 unspecified atom stereocenters. The molecule has 0 aromatic heterocycles. The minimum Gasteiger partial charge on any atom is -0.492 e. The van der Waals surface area contributed by atoms with Gasteiger partial charge < -0.3 is 9.47 Å². The van der Waals surface area contributed by atoms with Crippen LogP contribution in [0, 0.1) is 0 Å². The summed E-state index contributed by atoms with van der Waals surface area (Å²) in [6.07, 6.45) is 3.58. The van der Waals surface area contributed by atoms with Crippen molar-refractivity contribution < 1.29 is 14.3 Å². The van der Waals surface area contributed by atoms with Crippen LogP contribution < -0.4 is 4.74 Å². The van der Waals surface area contributed by atoms with Crippen molar-refractivity contribution in [2.45, 2.75) is 38.1 Å². The normalized spacial score (nSPS) is 19.8. The highest BCUT2D eigenvalue weighted by atomic mass is 16.5. The number of carbonyl (C=O) groups is 1. The predicted octanol–water partition coefficient (Wildman–Crippen LogP) is 4.07. The fourth-order valence-electron chi connectivity index (χ4n) is 3.73. The van der Waals surface area contributed by atoms with E-state index >= 15 is 0 Å². The average Bonchev–Trinajstić information content (AvgIpc) is 3.07. The zero-order valence-electron chi connectivity index (χ0n) is 16.3. The molecule has 0 radical (unpaired) electrons. The van der Waals surface area contributed by atoms with Crippen molar-refractivity contribution in [3.05, 3.63) is 65.7 Å². The number of rotatable bonds is 8. The van der Waals surface area contributed by atoms with E-state index in [-0.39, 0.29) is 11.5 Å². The van der Waals surface area contributed by atoms with Crippen LogP contribution in [0.5, 0.6) is 5.75 Å². The van der Waals surface area contributed by atoms with Crippen molar-refractivity contribution in [3.63, 3.8) is 0 Å². The lowest BCUT2D eigenvalue weighted by atomic mass is 10.00. The molecule has 4 nitrogen and oxygen atoms in total. The Morgan fingerprint density at radius 3 is 2.48 bits per heavy atom. The van der Waals surface area contributed by atoms with Crippen molar-refractivity contribution in [1.29, 1.82) is 0 Å². The smallest absolute Gasteiger partial charge is 0.306 e. The third-order valence-electron chi connectivity index (χ3n) is 5.44. The van der Waals surface area contributed by atoms with Crippen LogP contribution >= 0.6 is 0 Å². The largest absolute Gasteiger partial charge is 0.492 e. The molecule has 0 saturated carbocycles. The Kier molecular flexibility index (Phi) is 6.51. The van der Waals surface area contributed by atoms with E-state index in [4.69, 9.17) is 9.47 Å². The number of hydrogen-bond donors (Lipinski definition) is 0. The van der Waals surface area contributed by atoms with E-state index < -0.39 is 0 Å². The van der Waals surface area contributed by atoms with Crippen molar-refractivity contribution >= 4 is 5.97 Å². The van der Waals surface area contributed by atoms with Gasteiger partial charge in [0.05, 0.1) is 19.1 Å². The Bertz CT molecular complexity index is 729. The van der Waals surface area contributed by atoms with Crippen molar-refractivity contribution in [2.75, 3.05) is 26.8 Å². The molecule has 1 atom stereocenters. The van der Waals surface area contributed by atoms with Crippen LogP contribution in [0.4, 0.5) is 0 Å². The molecule has 3 rings (SSSR count). The van der Waals surface area contributed by atoms with Gasteiger partial charge in [0.25, 0.3) is 0 Å². The Hall–Kier alpha value is -2.33. The van der Waals surface area contributed by atoms with Gasteiger partial charge >= 0.3 is 5.97 Å². The number of likely N-dealkylation sites (tertiary alicyclic amines) is 1. The Morgan fingerprint density at radius 1 is 1.07 bits per heavy atom. The molecule has 0 aliphatic carbocycles. The van der Waals surface area contributed by atoms with Gasteiger partial charge in [-0.25, -0.2) is 0 Å². The van der Waals surface area contributed by atoms with Crippen molar-refractivity contribution in [2.24, 2.45) is 0 Å². The first kappa shape index (κ1) is 19.4. The van der Waals surface area contributed by atoms with Crippen molar-refractivity contribution in [3.8, 4) is 5.75 Å². The monoisotopic (exact) mass is 367 g/mol. The molecule has 0 amide bonds. The first-order chi connectivity index (χ1) is 13.1. The molecule has 0 N–H and O–H groups in total. The van der Waals surface area contributed by atoms with Crippen molar-refractivity contribution in [1.82, 2.24) is 4.90 Å². The standard InChI is InChI=1S/C23H29NO3/c1-23(14-6-15-24(23)16-13-22(25)26-2)18-27-21-11-9-20(10-12-21)17-19-7-4-3-5-8-19/h3-5,7-12H,6,13-18H2,1-2H3/t23-/m0/s1. The molecule has 0 spiro atoms. The van der Waals surface area contributed by atoms with Crippen LogP contribution in [0.25, 0.3) is 0 Å². The summed E-state index contributed by atoms with van der Waals surface area (Å²) in [5, 5.41) is 0. The SMILES string of the molecule is COC(=O)CCN1CCC[C@@]1(C)COc1ccc(Cc2ccccc2)cc1. The lowest BCUT2D eigenvalue weighted by Gasteiger charge is -2.34. The van der Waals surface area contributed by atoms with E-state index in [1.165, 1.54) is 18.2 Å². The highest BCUT2D eigenvalue weighted by Gasteiger charge is 2.37. The Balaban J connectivity index is 1.53. The van der Waals surface area contributed by atoms with Crippen LogP contribution in [0.1, 0.15) is 37.3 Å². The molecule has 1 saturated heterocycles. The number of esters is 1. The van der Waals surface area contributed by atoms with Crippen LogP contribution in [-0.2, 0) is 16.0 Å². The third kappa shape index (κ3) is 5.33. The molecule has 0 bridgehead atoms. The third-order valence-corrected chi connectivity index (χ3v) is 5.44. The lowest BCUT2D eigenvalue weighted by Crippen LogP contribution is -2.46. The summed E-state index contributed by atoms with van der Waals surface area (Å²) in [6.45, 7) is 4.59. The molecule has 27 heavy (non-hydrogen) atoms. The van der Waals surface area contributed by atoms with Gasteiger partial charge in [0.2, 0.25) is 0 Å². The van der Waals surface area contributed by atoms with Gasteiger partial charge in [-0.05, 0) is 56.0 Å². The van der Waals surface area contributed by atoms with Gasteiger partial charge in [-0.3, -0.25) is 9.69 Å². The quantitative estimate of drug-likeness (QED) is 0.659. The minimum absolute atomic E-state index is 0.0310. The second kappa shape index (κ2) is 9.05. The molecule has 144 valence electrons. The minimum atomic E-state index is -0.154. The van der Waals surface area contributed by atoms with E-state index in [0.29, 0.717) is 13.0 Å². The number of hydrogen-bond acceptors (Lipinski definition) is 4. The predicted molar refractivity (Wildman–Crippen MR) is 107 cm³/mol. The number of nitrogens with zero attached hydrogens (tertiary/aromatic N) is 1. The maximum Gasteiger partial charge on any atom is 0.306 e. The highest BCUT2D eigenvalue weighted by Crippen LogP contribution is 2.30. The molecule has 2 aromatic rings. The summed E-state index contributed by atoms with van der Waals surface area (Å²) in [7, 11) is 1.44. The highest BCUT2D eigenvalue weighted by molar-refractivity contribution is 5.69. The second-order valence-corrected chi connectivity index (χ2v) is 7.51. The topological polar surface area (TPSA) is 38.8 Å². The molecule has 1 aliphatic heterocycles. The van der Waals surface area contributed by atoms with E-state index in [2.05, 4.69) is 60.4 Å². The van der Waals surface area contributed by atoms with Gasteiger partial charge in [0.15, 0.2) is 0 Å². The summed E-state index contributed by atoms with van der Waals surface area (Å²) in [5.41, 5.74) is 2.56. The first-order valence-electron chi connectivity index (χ1n) is 9.67. The number of ether oxygens (including phenoxy) is 2. The number of carbonyl (C=O) groups excluding carboxylic acids is 1. The molecule has 1 heterocycles. The van der Waals surface area contributed by atoms with Crippen LogP contribution in [0.15, 0.2) is 54.6 Å². The van der Waals surface area contributed by atoms with Crippen LogP contribution in [0.3, 0.4) is 0 Å². The number of benzene rings is 2. The maximum atomic E-state index is 11.4. The van der Waals surface area contributed by atoms with E-state index in [9.17, 15) is 4.79 Å². The molecular weight excluding hydrogens is 338 g/mol. The molecular formula is C23H29NO3. The van der Waals surface area contributed by atoms with E-state index in [0.717, 1.165) is 38.1 Å². The zero-order chi connectivity index (χ0) is 19.1. The molecule has 4 heteroatoms. The van der Waals surface area contributed by atoms with Gasteiger partial charge in [-0.15, -0.1) is 0 Å². The first-order valence-corrected chi connectivity index (χ1v) is 9.67. The molecule has 1 fully saturated rings. The second-order valence-electron chi connectivity index (χ2n) is 7.51. The van der Waals surface area contributed by atoms with E-state index in [1.807, 2.05) is 6.07 Å². The fourth-order valence-corrected chi connectivity index (χ4v) is 3.73. The van der Waals surface area contributed by atoms with E-state index in [1.54, 1.807) is 0 Å². The van der Waals surface area contributed by atoms with Crippen LogP contribution in [-0.4, -0.2) is 43.2 Å². The summed E-state index contributed by atoms with van der Waals surface area (Å²) in [5.74, 6) is 0.743. The number of methoxy groups -OCH3 is 1. The van der Waals surface area contributed by atoms with Gasteiger partial charge in [-0.1, -0.05) is 42.5 Å². The molecule has 2 aromatic carbocycles. The van der Waals surface area contributed by atoms with Gasteiger partial charge in [0, 0.05) is 6.54 Å². The van der Waals surface area contributed by atoms with Crippen LogP contribution in [0.2, 0.25) is 0 Å². The summed E-state index contributed by atoms with van der Waals surface area (Å²) in [6, 6.07) is 18.8. The fraction of sp³-hybridized carbons (Fsp3) is 0.435. The molecule has 1 aliphatic rings. The zero-order valence-corrected chi connectivity index (χ0v) is 16.3. The summed E-state index contributed by atoms with van der Waals surface area (Å²) in [4.78, 5) is 13.8. The Labute approximate surface area is 162 Å².